The molecule has 22 heavy (non-hydrogen) atoms. The number of anilines is 1. The minimum Gasteiger partial charge on any atom is -0.332 e. The van der Waals surface area contributed by atoms with Gasteiger partial charge in [0.25, 0.3) is 5.91 Å². The van der Waals surface area contributed by atoms with E-state index in [9.17, 15) is 13.2 Å². The lowest BCUT2D eigenvalue weighted by Gasteiger charge is -2.19. The molecule has 6 nitrogen and oxygen atoms in total. The molecule has 124 valence electrons. The summed E-state index contributed by atoms with van der Waals surface area (Å²) in [6, 6.07) is 4.83. The van der Waals surface area contributed by atoms with Gasteiger partial charge >= 0.3 is 0 Å². The first kappa shape index (κ1) is 18.6. The second kappa shape index (κ2) is 7.71. The highest BCUT2D eigenvalue weighted by atomic mass is 32.2. The quantitative estimate of drug-likeness (QED) is 0.746. The third-order valence-electron chi connectivity index (χ3n) is 3.34. The van der Waals surface area contributed by atoms with Crippen LogP contribution < -0.4 is 10.2 Å². The van der Waals surface area contributed by atoms with Crippen LogP contribution in [0.25, 0.3) is 0 Å². The number of nitrogens with one attached hydrogen (secondary N) is 2. The van der Waals surface area contributed by atoms with Gasteiger partial charge in [0.15, 0.2) is 6.54 Å². The summed E-state index contributed by atoms with van der Waals surface area (Å²) < 4.78 is 26.5. The Kier molecular flexibility index (Phi) is 6.52. The number of hydrogen-bond donors (Lipinski definition) is 2. The molecule has 1 aromatic rings. The number of rotatable bonds is 7. The molecule has 0 aliphatic carbocycles. The van der Waals surface area contributed by atoms with Crippen molar-refractivity contribution in [2.24, 2.45) is 0 Å². The van der Waals surface area contributed by atoms with E-state index >= 15 is 0 Å². The van der Waals surface area contributed by atoms with Gasteiger partial charge in [-0.25, -0.2) is 8.42 Å². The second-order valence-electron chi connectivity index (χ2n) is 5.50. The molecule has 1 rings (SSSR count). The monoisotopic (exact) mass is 328 g/mol. The first-order valence-corrected chi connectivity index (χ1v) is 8.86. The minimum atomic E-state index is -3.52. The molecule has 0 heterocycles. The molecule has 7 heteroatoms. The Morgan fingerprint density at radius 2 is 1.82 bits per heavy atom. The second-order valence-corrected chi connectivity index (χ2v) is 7.44. The Morgan fingerprint density at radius 3 is 2.32 bits per heavy atom. The minimum absolute atomic E-state index is 0.138. The molecule has 0 aliphatic heterocycles. The highest BCUT2D eigenvalue weighted by Crippen LogP contribution is 2.22. The van der Waals surface area contributed by atoms with Gasteiger partial charge in [-0.3, -0.25) is 4.79 Å². The summed E-state index contributed by atoms with van der Waals surface area (Å²) in [5.74, 6) is -0.138. The first-order chi connectivity index (χ1) is 10.2. The molecule has 0 saturated carbocycles. The largest absolute Gasteiger partial charge is 0.332 e. The zero-order valence-corrected chi connectivity index (χ0v) is 14.8. The highest BCUT2D eigenvalue weighted by molar-refractivity contribution is 7.89. The lowest BCUT2D eigenvalue weighted by atomic mass is 10.2. The van der Waals surface area contributed by atoms with Crippen LogP contribution in [0, 0.1) is 6.92 Å². The van der Waals surface area contributed by atoms with Gasteiger partial charge < -0.3 is 10.2 Å². The van der Waals surface area contributed by atoms with Gasteiger partial charge in [0, 0.05) is 18.8 Å². The van der Waals surface area contributed by atoms with Crippen LogP contribution in [0.2, 0.25) is 0 Å². The fourth-order valence-corrected chi connectivity index (χ4v) is 3.61. The number of sulfonamides is 1. The van der Waals surface area contributed by atoms with Gasteiger partial charge in [0.1, 0.15) is 0 Å². The van der Waals surface area contributed by atoms with Crippen LogP contribution in [0.4, 0.5) is 5.69 Å². The van der Waals surface area contributed by atoms with Crippen molar-refractivity contribution in [3.63, 3.8) is 0 Å². The van der Waals surface area contributed by atoms with E-state index in [1.807, 2.05) is 21.0 Å². The molecule has 0 fully saturated rings. The maximum absolute atomic E-state index is 12.5. The summed E-state index contributed by atoms with van der Waals surface area (Å²) in [6.07, 6.45) is 0. The third-order valence-corrected chi connectivity index (χ3v) is 5.39. The average molecular weight is 328 g/mol. The topological polar surface area (TPSA) is 70.9 Å². The van der Waals surface area contributed by atoms with Crippen LogP contribution in [0.15, 0.2) is 23.1 Å². The first-order valence-electron chi connectivity index (χ1n) is 7.42. The lowest BCUT2D eigenvalue weighted by molar-refractivity contribution is -0.849. The summed E-state index contributed by atoms with van der Waals surface area (Å²) in [7, 11) is 0.243. The standard InChI is InChI=1S/C15H25N3O3S/c1-6-18(7-2)22(20,21)13-9-8-12(3)14(10-13)16-15(19)11-17(4)5/h8-10H,6-7,11H2,1-5H3,(H,16,19)/p+1. The van der Waals surface area contributed by atoms with Crippen molar-refractivity contribution in [1.29, 1.82) is 0 Å². The lowest BCUT2D eigenvalue weighted by Crippen LogP contribution is -3.06. The molecule has 0 atom stereocenters. The van der Waals surface area contributed by atoms with E-state index < -0.39 is 10.0 Å². The molecule has 0 aliphatic rings. The molecule has 0 saturated heterocycles. The van der Waals surface area contributed by atoms with E-state index in [0.29, 0.717) is 25.3 Å². The summed E-state index contributed by atoms with van der Waals surface area (Å²) in [5, 5.41) is 2.79. The SMILES string of the molecule is CCN(CC)S(=O)(=O)c1ccc(C)c(NC(=O)C[NH+](C)C)c1. The molecule has 0 spiro atoms. The Morgan fingerprint density at radius 1 is 1.23 bits per heavy atom. The van der Waals surface area contributed by atoms with E-state index in [1.165, 1.54) is 10.4 Å². The molecule has 1 aromatic carbocycles. The van der Waals surface area contributed by atoms with Crippen LogP contribution in [0.3, 0.4) is 0 Å². The van der Waals surface area contributed by atoms with Gasteiger partial charge in [-0.05, 0) is 24.6 Å². The molecule has 0 unspecified atom stereocenters. The Labute approximate surface area is 133 Å². The normalized spacial score (nSPS) is 12.0. The van der Waals surface area contributed by atoms with Crippen LogP contribution in [0.5, 0.6) is 0 Å². The number of carbonyl (C=O) groups excluding carboxylic acids is 1. The van der Waals surface area contributed by atoms with E-state index in [-0.39, 0.29) is 10.8 Å². The van der Waals surface area contributed by atoms with Gasteiger partial charge in [0.05, 0.1) is 19.0 Å². The van der Waals surface area contributed by atoms with Crippen molar-refractivity contribution in [3.8, 4) is 0 Å². The van der Waals surface area contributed by atoms with Crippen LogP contribution in [-0.2, 0) is 14.8 Å². The molecule has 2 N–H and O–H groups in total. The summed E-state index contributed by atoms with van der Waals surface area (Å²) in [4.78, 5) is 13.1. The maximum Gasteiger partial charge on any atom is 0.279 e. The van der Waals surface area contributed by atoms with E-state index in [1.54, 1.807) is 26.0 Å². The van der Waals surface area contributed by atoms with Crippen LogP contribution in [-0.4, -0.2) is 52.4 Å². The predicted octanol–water partition coefficient (Wildman–Crippen LogP) is 0.109. The number of hydrogen-bond acceptors (Lipinski definition) is 3. The van der Waals surface area contributed by atoms with E-state index in [2.05, 4.69) is 5.32 Å². The number of amides is 1. The molecule has 1 amide bonds. The fraction of sp³-hybridized carbons (Fsp3) is 0.533. The van der Waals surface area contributed by atoms with Crippen LogP contribution >= 0.6 is 0 Å². The zero-order valence-electron chi connectivity index (χ0n) is 13.9. The summed E-state index contributed by atoms with van der Waals surface area (Å²) in [6.45, 7) is 6.60. The zero-order chi connectivity index (χ0) is 16.9. The number of likely N-dealkylation sites (N-methyl/N-ethyl adjacent to an activating group) is 1. The molecular formula is C15H26N3O3S+. The van der Waals surface area contributed by atoms with Crippen molar-refractivity contribution < 1.29 is 18.1 Å². The smallest absolute Gasteiger partial charge is 0.279 e. The third kappa shape index (κ3) is 4.53. The van der Waals surface area contributed by atoms with Crippen molar-refractivity contribution in [1.82, 2.24) is 4.31 Å². The van der Waals surface area contributed by atoms with E-state index in [0.717, 1.165) is 10.5 Å². The number of quaternary nitrogens is 1. The summed E-state index contributed by atoms with van der Waals surface area (Å²) >= 11 is 0. The van der Waals surface area contributed by atoms with E-state index in [4.69, 9.17) is 0 Å². The number of nitrogens with zero attached hydrogens (tertiary/aromatic N) is 1. The Balaban J connectivity index is 3.11. The molecule has 0 aromatic heterocycles. The van der Waals surface area contributed by atoms with Crippen molar-refractivity contribution in [2.45, 2.75) is 25.7 Å². The average Bonchev–Trinajstić information content (AvgIpc) is 2.41. The van der Waals surface area contributed by atoms with Crippen molar-refractivity contribution in [2.75, 3.05) is 39.0 Å². The number of benzene rings is 1. The fourth-order valence-electron chi connectivity index (χ4n) is 2.12. The number of aryl methyl sites for hydroxylation is 1. The van der Waals surface area contributed by atoms with Gasteiger partial charge in [0.2, 0.25) is 10.0 Å². The van der Waals surface area contributed by atoms with Gasteiger partial charge in [-0.1, -0.05) is 19.9 Å². The molecule has 0 radical (unpaired) electrons. The highest BCUT2D eigenvalue weighted by Gasteiger charge is 2.22. The number of carbonyl (C=O) groups is 1. The predicted molar refractivity (Wildman–Crippen MR) is 87.6 cm³/mol. The Hall–Kier alpha value is -1.44. The maximum atomic E-state index is 12.5. The molecule has 0 bridgehead atoms. The Bertz CT molecular complexity index is 623. The van der Waals surface area contributed by atoms with Crippen molar-refractivity contribution >= 4 is 21.6 Å². The summed E-state index contributed by atoms with van der Waals surface area (Å²) in [5.41, 5.74) is 1.38. The van der Waals surface area contributed by atoms with Crippen molar-refractivity contribution in [3.05, 3.63) is 23.8 Å². The van der Waals surface area contributed by atoms with Crippen LogP contribution in [0.1, 0.15) is 19.4 Å². The van der Waals surface area contributed by atoms with Gasteiger partial charge in [-0.15, -0.1) is 0 Å². The van der Waals surface area contributed by atoms with Gasteiger partial charge in [-0.2, -0.15) is 4.31 Å². The molecular weight excluding hydrogens is 302 g/mol.